The van der Waals surface area contributed by atoms with Gasteiger partial charge in [-0.05, 0) is 24.3 Å². The zero-order valence-electron chi connectivity index (χ0n) is 8.48. The summed E-state index contributed by atoms with van der Waals surface area (Å²) in [5, 5.41) is 11.5. The Hall–Kier alpha value is -0.970. The first-order chi connectivity index (χ1) is 7.54. The molecule has 0 aliphatic carbocycles. The van der Waals surface area contributed by atoms with Gasteiger partial charge in [0, 0.05) is 5.56 Å². The second-order valence-electron chi connectivity index (χ2n) is 2.98. The third-order valence-corrected chi connectivity index (χ3v) is 2.35. The SMILES string of the molecule is COc1ccc(C(=O)N[C@H](O)C(Cl)Cl)cc1. The van der Waals surface area contributed by atoms with Crippen molar-refractivity contribution in [1.29, 1.82) is 0 Å². The van der Waals surface area contributed by atoms with Crippen LogP contribution in [-0.4, -0.2) is 29.2 Å². The summed E-state index contributed by atoms with van der Waals surface area (Å²) < 4.78 is 4.94. The number of hydrogen-bond donors (Lipinski definition) is 2. The number of nitrogens with one attached hydrogen (secondary N) is 1. The van der Waals surface area contributed by atoms with Gasteiger partial charge in [-0.2, -0.15) is 0 Å². The molecule has 0 bridgehead atoms. The molecule has 0 fully saturated rings. The summed E-state index contributed by atoms with van der Waals surface area (Å²) in [5.41, 5.74) is 0.383. The number of alkyl halides is 2. The van der Waals surface area contributed by atoms with Crippen molar-refractivity contribution in [1.82, 2.24) is 5.32 Å². The molecule has 0 unspecified atom stereocenters. The van der Waals surface area contributed by atoms with Crippen molar-refractivity contribution in [2.45, 2.75) is 11.1 Å². The van der Waals surface area contributed by atoms with Crippen LogP contribution < -0.4 is 10.1 Å². The molecule has 0 saturated heterocycles. The largest absolute Gasteiger partial charge is 0.497 e. The molecule has 0 saturated carbocycles. The Balaban J connectivity index is 2.66. The number of halogens is 2. The highest BCUT2D eigenvalue weighted by Gasteiger charge is 2.16. The minimum atomic E-state index is -1.29. The molecule has 0 spiro atoms. The highest BCUT2D eigenvalue weighted by Crippen LogP contribution is 2.12. The van der Waals surface area contributed by atoms with Gasteiger partial charge in [0.1, 0.15) is 5.75 Å². The van der Waals surface area contributed by atoms with Crippen LogP contribution in [-0.2, 0) is 0 Å². The first kappa shape index (κ1) is 13.1. The van der Waals surface area contributed by atoms with Gasteiger partial charge in [-0.15, -0.1) is 23.2 Å². The fraction of sp³-hybridized carbons (Fsp3) is 0.300. The van der Waals surface area contributed by atoms with E-state index < -0.39 is 17.0 Å². The average molecular weight is 264 g/mol. The van der Waals surface area contributed by atoms with E-state index in [2.05, 4.69) is 5.32 Å². The van der Waals surface area contributed by atoms with Crippen LogP contribution in [0, 0.1) is 0 Å². The van der Waals surface area contributed by atoms with E-state index in [4.69, 9.17) is 27.9 Å². The molecule has 0 aliphatic rings. The zero-order valence-corrected chi connectivity index (χ0v) is 10.00. The molecule has 1 aromatic carbocycles. The molecule has 0 aromatic heterocycles. The van der Waals surface area contributed by atoms with E-state index >= 15 is 0 Å². The quantitative estimate of drug-likeness (QED) is 0.640. The van der Waals surface area contributed by atoms with Gasteiger partial charge >= 0.3 is 0 Å². The second kappa shape index (κ2) is 5.94. The monoisotopic (exact) mass is 263 g/mol. The molecule has 2 N–H and O–H groups in total. The van der Waals surface area contributed by atoms with Crippen molar-refractivity contribution in [3.63, 3.8) is 0 Å². The van der Waals surface area contributed by atoms with Crippen LogP contribution in [0.2, 0.25) is 0 Å². The molecule has 0 radical (unpaired) electrons. The van der Waals surface area contributed by atoms with Gasteiger partial charge < -0.3 is 15.2 Å². The summed E-state index contributed by atoms with van der Waals surface area (Å²) in [5.74, 6) is 0.186. The number of amides is 1. The maximum Gasteiger partial charge on any atom is 0.253 e. The number of carbonyl (C=O) groups excluding carboxylic acids is 1. The lowest BCUT2D eigenvalue weighted by Crippen LogP contribution is -2.38. The molecule has 4 nitrogen and oxygen atoms in total. The maximum atomic E-state index is 11.5. The third kappa shape index (κ3) is 3.56. The predicted octanol–water partition coefficient (Wildman–Crippen LogP) is 1.55. The number of methoxy groups -OCH3 is 1. The van der Waals surface area contributed by atoms with Crippen molar-refractivity contribution < 1.29 is 14.6 Å². The van der Waals surface area contributed by atoms with Crippen LogP contribution in [0.1, 0.15) is 10.4 Å². The first-order valence-corrected chi connectivity index (χ1v) is 5.33. The Morgan fingerprint density at radius 2 is 1.94 bits per heavy atom. The minimum absolute atomic E-state index is 0.383. The van der Waals surface area contributed by atoms with Gasteiger partial charge in [0.25, 0.3) is 5.91 Å². The molecule has 0 aliphatic heterocycles. The lowest BCUT2D eigenvalue weighted by molar-refractivity contribution is 0.0809. The predicted molar refractivity (Wildman–Crippen MR) is 62.0 cm³/mol. The highest BCUT2D eigenvalue weighted by atomic mass is 35.5. The number of aliphatic hydroxyl groups excluding tert-OH is 1. The Kier molecular flexibility index (Phi) is 4.86. The second-order valence-corrected chi connectivity index (χ2v) is 4.15. The average Bonchev–Trinajstić information content (AvgIpc) is 2.28. The van der Waals surface area contributed by atoms with Crippen molar-refractivity contribution in [3.8, 4) is 5.75 Å². The van der Waals surface area contributed by atoms with Crippen molar-refractivity contribution in [2.24, 2.45) is 0 Å². The molecule has 1 amide bonds. The molecule has 88 valence electrons. The summed E-state index contributed by atoms with van der Waals surface area (Å²) in [7, 11) is 1.53. The fourth-order valence-electron chi connectivity index (χ4n) is 1.02. The van der Waals surface area contributed by atoms with Crippen LogP contribution in [0.15, 0.2) is 24.3 Å². The van der Waals surface area contributed by atoms with Crippen LogP contribution >= 0.6 is 23.2 Å². The lowest BCUT2D eigenvalue weighted by atomic mass is 10.2. The van der Waals surface area contributed by atoms with Crippen LogP contribution in [0.4, 0.5) is 0 Å². The maximum absolute atomic E-state index is 11.5. The van der Waals surface area contributed by atoms with Crippen LogP contribution in [0.5, 0.6) is 5.75 Å². The van der Waals surface area contributed by atoms with Crippen molar-refractivity contribution in [3.05, 3.63) is 29.8 Å². The van der Waals surface area contributed by atoms with Gasteiger partial charge in [0.05, 0.1) is 7.11 Å². The van der Waals surface area contributed by atoms with E-state index in [1.165, 1.54) is 7.11 Å². The number of benzene rings is 1. The summed E-state index contributed by atoms with van der Waals surface area (Å²) in [4.78, 5) is 10.5. The Morgan fingerprint density at radius 1 is 1.38 bits per heavy atom. The molecule has 0 heterocycles. The van der Waals surface area contributed by atoms with Crippen LogP contribution in [0.25, 0.3) is 0 Å². The minimum Gasteiger partial charge on any atom is -0.497 e. The molecule has 6 heteroatoms. The van der Waals surface area contributed by atoms with E-state index in [1.54, 1.807) is 24.3 Å². The van der Waals surface area contributed by atoms with Gasteiger partial charge in [-0.3, -0.25) is 4.79 Å². The van der Waals surface area contributed by atoms with E-state index in [1.807, 2.05) is 0 Å². The van der Waals surface area contributed by atoms with E-state index in [9.17, 15) is 9.90 Å². The molecular formula is C10H11Cl2NO3. The third-order valence-electron chi connectivity index (χ3n) is 1.87. The number of hydrogen-bond acceptors (Lipinski definition) is 3. The number of rotatable bonds is 4. The van der Waals surface area contributed by atoms with Gasteiger partial charge in [-0.25, -0.2) is 0 Å². The molecule has 16 heavy (non-hydrogen) atoms. The van der Waals surface area contributed by atoms with E-state index in [0.29, 0.717) is 11.3 Å². The van der Waals surface area contributed by atoms with E-state index in [-0.39, 0.29) is 0 Å². The van der Waals surface area contributed by atoms with Crippen LogP contribution in [0.3, 0.4) is 0 Å². The van der Waals surface area contributed by atoms with Gasteiger partial charge in [-0.1, -0.05) is 0 Å². The lowest BCUT2D eigenvalue weighted by Gasteiger charge is -2.13. The number of carbonyl (C=O) groups is 1. The fourth-order valence-corrected chi connectivity index (χ4v) is 1.15. The van der Waals surface area contributed by atoms with Crippen molar-refractivity contribution in [2.75, 3.05) is 7.11 Å². The Labute approximate surface area is 103 Å². The molecular weight excluding hydrogens is 253 g/mol. The summed E-state index contributed by atoms with van der Waals surface area (Å²) in [6, 6.07) is 6.41. The molecule has 1 rings (SSSR count). The topological polar surface area (TPSA) is 58.6 Å². The van der Waals surface area contributed by atoms with Crippen molar-refractivity contribution >= 4 is 29.1 Å². The first-order valence-electron chi connectivity index (χ1n) is 4.45. The smallest absolute Gasteiger partial charge is 0.253 e. The Morgan fingerprint density at radius 3 is 2.38 bits per heavy atom. The standard InChI is InChI=1S/C10H11Cl2NO3/c1-16-7-4-2-6(3-5-7)9(14)13-10(15)8(11)12/h2-5,8,10,15H,1H3,(H,13,14)/t10-/m1/s1. The van der Waals surface area contributed by atoms with Gasteiger partial charge in [0.2, 0.25) is 0 Å². The number of ether oxygens (including phenoxy) is 1. The molecule has 1 aromatic rings. The number of aliphatic hydroxyl groups is 1. The highest BCUT2D eigenvalue weighted by molar-refractivity contribution is 6.44. The summed E-state index contributed by atoms with van der Waals surface area (Å²) in [6.07, 6.45) is -1.29. The zero-order chi connectivity index (χ0) is 12.1. The summed E-state index contributed by atoms with van der Waals surface area (Å²) >= 11 is 10.8. The summed E-state index contributed by atoms with van der Waals surface area (Å²) in [6.45, 7) is 0. The normalized spacial score (nSPS) is 12.3. The van der Waals surface area contributed by atoms with E-state index in [0.717, 1.165) is 0 Å². The Bertz CT molecular complexity index is 354. The van der Waals surface area contributed by atoms with Gasteiger partial charge in [0.15, 0.2) is 11.1 Å². The molecule has 1 atom stereocenters.